The first kappa shape index (κ1) is 15.3. The number of piperazine rings is 1. The van der Waals surface area contributed by atoms with Gasteiger partial charge >= 0.3 is 0 Å². The van der Waals surface area contributed by atoms with Crippen LogP contribution in [0.25, 0.3) is 0 Å². The first-order valence-corrected chi connectivity index (χ1v) is 7.71. The molecule has 0 unspecified atom stereocenters. The van der Waals surface area contributed by atoms with Crippen LogP contribution in [0.3, 0.4) is 0 Å². The minimum Gasteiger partial charge on any atom is -0.492 e. The van der Waals surface area contributed by atoms with Gasteiger partial charge in [0.2, 0.25) is 0 Å². The van der Waals surface area contributed by atoms with Crippen LogP contribution in [-0.4, -0.2) is 62.2 Å². The van der Waals surface area contributed by atoms with Gasteiger partial charge < -0.3 is 15.4 Å². The molecule has 0 aliphatic carbocycles. The summed E-state index contributed by atoms with van der Waals surface area (Å²) in [7, 11) is 0. The van der Waals surface area contributed by atoms with Gasteiger partial charge in [-0.2, -0.15) is 0 Å². The maximum atomic E-state index is 5.75. The highest BCUT2D eigenvalue weighted by atomic mass is 16.5. The molecule has 1 aromatic rings. The minimum atomic E-state index is 0.775. The summed E-state index contributed by atoms with van der Waals surface area (Å²) in [6.07, 6.45) is 2.37. The second-order valence-electron chi connectivity index (χ2n) is 5.34. The fourth-order valence-electron chi connectivity index (χ4n) is 2.53. The van der Waals surface area contributed by atoms with Crippen molar-refractivity contribution < 1.29 is 4.74 Å². The number of nitrogens with zero attached hydrogens (tertiary/aromatic N) is 2. The summed E-state index contributed by atoms with van der Waals surface area (Å²) >= 11 is 0. The molecule has 1 aromatic carbocycles. The lowest BCUT2D eigenvalue weighted by Crippen LogP contribution is -2.47. The smallest absolute Gasteiger partial charge is 0.119 e. The molecule has 0 aromatic heterocycles. The monoisotopic (exact) mass is 277 g/mol. The Morgan fingerprint density at radius 2 is 1.55 bits per heavy atom. The van der Waals surface area contributed by atoms with Crippen molar-refractivity contribution in [1.82, 2.24) is 9.80 Å². The maximum absolute atomic E-state index is 5.75. The Morgan fingerprint density at radius 1 is 0.900 bits per heavy atom. The van der Waals surface area contributed by atoms with Gasteiger partial charge in [0.25, 0.3) is 0 Å². The topological polar surface area (TPSA) is 41.7 Å². The molecule has 0 spiro atoms. The van der Waals surface area contributed by atoms with Crippen LogP contribution >= 0.6 is 0 Å². The number of para-hydroxylation sites is 1. The van der Waals surface area contributed by atoms with E-state index in [1.165, 1.54) is 26.1 Å². The van der Waals surface area contributed by atoms with Crippen LogP contribution in [-0.2, 0) is 0 Å². The van der Waals surface area contributed by atoms with Crippen molar-refractivity contribution in [1.29, 1.82) is 0 Å². The van der Waals surface area contributed by atoms with Crippen LogP contribution in [0.15, 0.2) is 30.3 Å². The van der Waals surface area contributed by atoms with E-state index < -0.39 is 0 Å². The zero-order valence-corrected chi connectivity index (χ0v) is 12.3. The Bertz CT molecular complexity index is 350. The highest BCUT2D eigenvalue weighted by molar-refractivity contribution is 5.20. The Balaban J connectivity index is 1.55. The molecule has 1 saturated heterocycles. The van der Waals surface area contributed by atoms with Crippen molar-refractivity contribution >= 4 is 0 Å². The van der Waals surface area contributed by atoms with Crippen molar-refractivity contribution in [2.24, 2.45) is 5.73 Å². The lowest BCUT2D eigenvalue weighted by Gasteiger charge is -2.34. The second kappa shape index (κ2) is 8.95. The highest BCUT2D eigenvalue weighted by Crippen LogP contribution is 2.08. The summed E-state index contributed by atoms with van der Waals surface area (Å²) < 4.78 is 5.75. The molecular formula is C16H27N3O. The lowest BCUT2D eigenvalue weighted by molar-refractivity contribution is 0.116. The average molecular weight is 277 g/mol. The Morgan fingerprint density at radius 3 is 2.20 bits per heavy atom. The van der Waals surface area contributed by atoms with Gasteiger partial charge in [-0.25, -0.2) is 0 Å². The molecule has 20 heavy (non-hydrogen) atoms. The first-order valence-electron chi connectivity index (χ1n) is 7.71. The molecule has 0 radical (unpaired) electrons. The fourth-order valence-corrected chi connectivity index (χ4v) is 2.53. The number of rotatable bonds is 8. The third-order valence-corrected chi connectivity index (χ3v) is 3.81. The normalized spacial score (nSPS) is 17.2. The standard InChI is InChI=1S/C16H27N3O/c17-8-4-5-9-18-10-12-19(13-11-18)14-15-20-16-6-2-1-3-7-16/h1-3,6-7H,4-5,8-15,17H2. The van der Waals surface area contributed by atoms with Gasteiger partial charge in [0, 0.05) is 32.7 Å². The van der Waals surface area contributed by atoms with E-state index >= 15 is 0 Å². The van der Waals surface area contributed by atoms with Crippen molar-refractivity contribution in [3.63, 3.8) is 0 Å². The highest BCUT2D eigenvalue weighted by Gasteiger charge is 2.15. The molecule has 0 saturated carbocycles. The molecule has 1 fully saturated rings. The van der Waals surface area contributed by atoms with Gasteiger partial charge in [0.1, 0.15) is 12.4 Å². The summed E-state index contributed by atoms with van der Waals surface area (Å²) in [5.41, 5.74) is 5.53. The van der Waals surface area contributed by atoms with E-state index in [-0.39, 0.29) is 0 Å². The number of ether oxygens (including phenoxy) is 1. The number of hydrogen-bond donors (Lipinski definition) is 1. The fraction of sp³-hybridized carbons (Fsp3) is 0.625. The third kappa shape index (κ3) is 5.49. The molecule has 0 bridgehead atoms. The zero-order chi connectivity index (χ0) is 14.0. The predicted octanol–water partition coefficient (Wildman–Crippen LogP) is 1.42. The predicted molar refractivity (Wildman–Crippen MR) is 83.1 cm³/mol. The molecule has 2 rings (SSSR count). The second-order valence-corrected chi connectivity index (χ2v) is 5.34. The van der Waals surface area contributed by atoms with Crippen LogP contribution in [0.1, 0.15) is 12.8 Å². The van der Waals surface area contributed by atoms with Crippen molar-refractivity contribution in [3.8, 4) is 5.75 Å². The molecular weight excluding hydrogens is 250 g/mol. The van der Waals surface area contributed by atoms with Gasteiger partial charge in [-0.1, -0.05) is 18.2 Å². The van der Waals surface area contributed by atoms with Crippen molar-refractivity contribution in [2.45, 2.75) is 12.8 Å². The van der Waals surface area contributed by atoms with E-state index in [1.807, 2.05) is 30.3 Å². The molecule has 1 aliphatic heterocycles. The van der Waals surface area contributed by atoms with E-state index in [9.17, 15) is 0 Å². The number of hydrogen-bond acceptors (Lipinski definition) is 4. The largest absolute Gasteiger partial charge is 0.492 e. The van der Waals surface area contributed by atoms with Crippen LogP contribution in [0.5, 0.6) is 5.75 Å². The quantitative estimate of drug-likeness (QED) is 0.730. The van der Waals surface area contributed by atoms with Crippen molar-refractivity contribution in [3.05, 3.63) is 30.3 Å². The maximum Gasteiger partial charge on any atom is 0.119 e. The molecule has 4 heteroatoms. The van der Waals surface area contributed by atoms with E-state index in [1.54, 1.807) is 0 Å². The molecule has 0 atom stereocenters. The van der Waals surface area contributed by atoms with Crippen LogP contribution < -0.4 is 10.5 Å². The Hall–Kier alpha value is -1.10. The minimum absolute atomic E-state index is 0.775. The molecule has 0 amide bonds. The summed E-state index contributed by atoms with van der Waals surface area (Å²) in [5.74, 6) is 0.966. The summed E-state index contributed by atoms with van der Waals surface area (Å²) in [4.78, 5) is 5.03. The Labute approximate surface area is 122 Å². The van der Waals surface area contributed by atoms with Crippen LogP contribution in [0.4, 0.5) is 0 Å². The molecule has 2 N–H and O–H groups in total. The van der Waals surface area contributed by atoms with E-state index in [0.717, 1.165) is 45.0 Å². The average Bonchev–Trinajstić information content (AvgIpc) is 2.50. The van der Waals surface area contributed by atoms with E-state index in [0.29, 0.717) is 0 Å². The molecule has 4 nitrogen and oxygen atoms in total. The lowest BCUT2D eigenvalue weighted by atomic mass is 10.2. The number of unbranched alkanes of at least 4 members (excludes halogenated alkanes) is 1. The summed E-state index contributed by atoms with van der Waals surface area (Å²) in [6.45, 7) is 8.47. The van der Waals surface area contributed by atoms with Gasteiger partial charge in [-0.05, 0) is 38.1 Å². The molecule has 1 aliphatic rings. The van der Waals surface area contributed by atoms with Gasteiger partial charge in [0.15, 0.2) is 0 Å². The first-order chi connectivity index (χ1) is 9.88. The zero-order valence-electron chi connectivity index (χ0n) is 12.3. The number of benzene rings is 1. The van der Waals surface area contributed by atoms with Crippen LogP contribution in [0.2, 0.25) is 0 Å². The SMILES string of the molecule is NCCCCN1CCN(CCOc2ccccc2)CC1. The Kier molecular flexibility index (Phi) is 6.84. The van der Waals surface area contributed by atoms with E-state index in [4.69, 9.17) is 10.5 Å². The van der Waals surface area contributed by atoms with Gasteiger partial charge in [0.05, 0.1) is 0 Å². The van der Waals surface area contributed by atoms with Crippen LogP contribution in [0, 0.1) is 0 Å². The molecule has 112 valence electrons. The van der Waals surface area contributed by atoms with Crippen molar-refractivity contribution in [2.75, 3.05) is 52.4 Å². The summed E-state index contributed by atoms with van der Waals surface area (Å²) in [6, 6.07) is 10.0. The third-order valence-electron chi connectivity index (χ3n) is 3.81. The van der Waals surface area contributed by atoms with Gasteiger partial charge in [-0.15, -0.1) is 0 Å². The van der Waals surface area contributed by atoms with Gasteiger partial charge in [-0.3, -0.25) is 4.90 Å². The number of nitrogens with two attached hydrogens (primary N) is 1. The summed E-state index contributed by atoms with van der Waals surface area (Å²) in [5, 5.41) is 0. The molecule has 1 heterocycles. The van der Waals surface area contributed by atoms with E-state index in [2.05, 4.69) is 9.80 Å².